The van der Waals surface area contributed by atoms with Crippen LogP contribution in [0, 0.1) is 6.92 Å². The zero-order valence-electron chi connectivity index (χ0n) is 17.6. The summed E-state index contributed by atoms with van der Waals surface area (Å²) in [6, 6.07) is 16.2. The molecule has 2 N–H and O–H groups in total. The molecule has 2 aliphatic rings. The van der Waals surface area contributed by atoms with Gasteiger partial charge in [-0.15, -0.1) is 5.06 Å². The highest BCUT2D eigenvalue weighted by Gasteiger charge is 2.39. The third-order valence-electron chi connectivity index (χ3n) is 5.69. The lowest BCUT2D eigenvalue weighted by Crippen LogP contribution is -2.45. The van der Waals surface area contributed by atoms with Crippen LogP contribution in [0.5, 0.6) is 0 Å². The minimum atomic E-state index is -0.448. The number of hydroxylamine groups is 3. The third kappa shape index (κ3) is 4.66. The van der Waals surface area contributed by atoms with E-state index in [0.29, 0.717) is 13.1 Å². The van der Waals surface area contributed by atoms with E-state index >= 15 is 0 Å². The van der Waals surface area contributed by atoms with Crippen LogP contribution in [0.2, 0.25) is 0 Å². The van der Waals surface area contributed by atoms with Gasteiger partial charge in [0.25, 0.3) is 0 Å². The van der Waals surface area contributed by atoms with Gasteiger partial charge in [0, 0.05) is 18.8 Å². The molecule has 0 aliphatic carbocycles. The fourth-order valence-corrected chi connectivity index (χ4v) is 3.94. The summed E-state index contributed by atoms with van der Waals surface area (Å²) in [5.74, 6) is 0. The summed E-state index contributed by atoms with van der Waals surface area (Å²) in [7, 11) is 0. The number of amides is 1. The van der Waals surface area contributed by atoms with E-state index in [1.807, 2.05) is 24.3 Å². The van der Waals surface area contributed by atoms with Gasteiger partial charge in [0.2, 0.25) is 0 Å². The van der Waals surface area contributed by atoms with Crippen molar-refractivity contribution in [3.63, 3.8) is 0 Å². The number of carbonyl (C=O) groups excluding carboxylic acids is 1. The van der Waals surface area contributed by atoms with E-state index in [2.05, 4.69) is 55.0 Å². The fourth-order valence-electron chi connectivity index (χ4n) is 3.94. The molecule has 1 amide bonds. The van der Waals surface area contributed by atoms with Crippen molar-refractivity contribution in [2.75, 3.05) is 18.4 Å². The number of hydrogen-bond acceptors (Lipinski definition) is 5. The van der Waals surface area contributed by atoms with Crippen molar-refractivity contribution in [2.24, 2.45) is 0 Å². The summed E-state index contributed by atoms with van der Waals surface area (Å²) in [5, 5.41) is 4.59. The Hall–Kier alpha value is -2.83. The van der Waals surface area contributed by atoms with Crippen molar-refractivity contribution in [1.29, 1.82) is 0 Å². The SMILES string of the molecule is CCCc1ccccc1NC(=O)ON1CCC2(C=C(c3ccc(C)cc3)NO2)CC1. The minimum Gasteiger partial charge on any atom is -0.351 e. The summed E-state index contributed by atoms with van der Waals surface area (Å²) in [5.41, 5.74) is 7.99. The molecule has 0 radical (unpaired) electrons. The molecule has 0 bridgehead atoms. The van der Waals surface area contributed by atoms with Gasteiger partial charge >= 0.3 is 6.09 Å². The van der Waals surface area contributed by atoms with Crippen molar-refractivity contribution in [3.05, 3.63) is 71.3 Å². The molecule has 1 saturated heterocycles. The first kappa shape index (κ1) is 20.4. The largest absolute Gasteiger partial charge is 0.430 e. The molecule has 6 heteroatoms. The zero-order chi connectivity index (χ0) is 21.0. The second-order valence-electron chi connectivity index (χ2n) is 8.03. The van der Waals surface area contributed by atoms with Crippen LogP contribution in [0.15, 0.2) is 54.6 Å². The zero-order valence-corrected chi connectivity index (χ0v) is 17.6. The Bertz CT molecular complexity index is 916. The van der Waals surface area contributed by atoms with Gasteiger partial charge in [-0.05, 0) is 49.5 Å². The molecule has 4 rings (SSSR count). The number of benzene rings is 2. The number of aryl methyl sites for hydroxylation is 2. The van der Waals surface area contributed by atoms with Crippen molar-refractivity contribution >= 4 is 17.5 Å². The molecule has 2 heterocycles. The Morgan fingerprint density at radius 1 is 1.17 bits per heavy atom. The maximum Gasteiger partial charge on any atom is 0.430 e. The molecule has 158 valence electrons. The highest BCUT2D eigenvalue weighted by atomic mass is 16.7. The number of carbonyl (C=O) groups is 1. The van der Waals surface area contributed by atoms with Crippen LogP contribution in [0.25, 0.3) is 5.70 Å². The van der Waals surface area contributed by atoms with Gasteiger partial charge in [-0.3, -0.25) is 15.6 Å². The molecule has 30 heavy (non-hydrogen) atoms. The van der Waals surface area contributed by atoms with Gasteiger partial charge in [0.1, 0.15) is 5.60 Å². The second kappa shape index (κ2) is 8.90. The number of para-hydroxylation sites is 1. The molecule has 0 atom stereocenters. The van der Waals surface area contributed by atoms with Gasteiger partial charge in [0.15, 0.2) is 0 Å². The molecule has 1 fully saturated rings. The van der Waals surface area contributed by atoms with E-state index in [4.69, 9.17) is 9.68 Å². The Labute approximate surface area is 177 Å². The van der Waals surface area contributed by atoms with Crippen molar-refractivity contribution in [1.82, 2.24) is 10.5 Å². The van der Waals surface area contributed by atoms with E-state index in [-0.39, 0.29) is 5.60 Å². The van der Waals surface area contributed by atoms with E-state index < -0.39 is 6.09 Å². The topological polar surface area (TPSA) is 62.8 Å². The molecule has 6 nitrogen and oxygen atoms in total. The first-order chi connectivity index (χ1) is 14.6. The van der Waals surface area contributed by atoms with Gasteiger partial charge in [0.05, 0.1) is 5.70 Å². The normalized spacial score (nSPS) is 18.0. The summed E-state index contributed by atoms with van der Waals surface area (Å²) in [4.78, 5) is 23.9. The molecular formula is C24H29N3O3. The summed E-state index contributed by atoms with van der Waals surface area (Å²) < 4.78 is 0. The van der Waals surface area contributed by atoms with Crippen molar-refractivity contribution in [3.8, 4) is 0 Å². The number of nitrogens with one attached hydrogen (secondary N) is 2. The standard InChI is InChI=1S/C24H29N3O3/c1-3-6-19-7-4-5-8-21(19)25-23(28)29-27-15-13-24(14-16-27)17-22(26-30-24)20-11-9-18(2)10-12-20/h4-5,7-12,17,26H,3,6,13-16H2,1-2H3,(H,25,28). The molecule has 2 aromatic rings. The third-order valence-corrected chi connectivity index (χ3v) is 5.69. The Kier molecular flexibility index (Phi) is 6.06. The van der Waals surface area contributed by atoms with Crippen molar-refractivity contribution < 1.29 is 14.5 Å². The Balaban J connectivity index is 1.32. The van der Waals surface area contributed by atoms with E-state index in [9.17, 15) is 4.79 Å². The monoisotopic (exact) mass is 407 g/mol. The number of piperidine rings is 1. The summed E-state index contributed by atoms with van der Waals surface area (Å²) in [6.45, 7) is 5.43. The molecule has 2 aliphatic heterocycles. The van der Waals surface area contributed by atoms with Crippen LogP contribution in [0.1, 0.15) is 42.9 Å². The van der Waals surface area contributed by atoms with Crippen molar-refractivity contribution in [2.45, 2.75) is 45.1 Å². The van der Waals surface area contributed by atoms with Crippen LogP contribution < -0.4 is 10.8 Å². The molecule has 2 aromatic carbocycles. The summed E-state index contributed by atoms with van der Waals surface area (Å²) in [6.07, 6.45) is 5.15. The van der Waals surface area contributed by atoms with Gasteiger partial charge in [-0.2, -0.15) is 0 Å². The second-order valence-corrected chi connectivity index (χ2v) is 8.03. The van der Waals surface area contributed by atoms with Gasteiger partial charge < -0.3 is 4.84 Å². The fraction of sp³-hybridized carbons (Fsp3) is 0.375. The molecule has 0 aromatic heterocycles. The lowest BCUT2D eigenvalue weighted by molar-refractivity contribution is -0.153. The molecule has 1 spiro atoms. The first-order valence-corrected chi connectivity index (χ1v) is 10.6. The average Bonchev–Trinajstić information content (AvgIpc) is 3.16. The number of hydrogen-bond donors (Lipinski definition) is 2. The molecule has 0 unspecified atom stereocenters. The quantitative estimate of drug-likeness (QED) is 0.744. The maximum absolute atomic E-state index is 12.4. The number of rotatable bonds is 5. The predicted molar refractivity (Wildman–Crippen MR) is 117 cm³/mol. The smallest absolute Gasteiger partial charge is 0.351 e. The van der Waals surface area contributed by atoms with Crippen LogP contribution in [-0.2, 0) is 16.1 Å². The van der Waals surface area contributed by atoms with Crippen LogP contribution in [-0.4, -0.2) is 29.8 Å². The molecular weight excluding hydrogens is 378 g/mol. The van der Waals surface area contributed by atoms with Crippen LogP contribution >= 0.6 is 0 Å². The molecule has 0 saturated carbocycles. The Morgan fingerprint density at radius 2 is 1.90 bits per heavy atom. The lowest BCUT2D eigenvalue weighted by atomic mass is 9.91. The predicted octanol–water partition coefficient (Wildman–Crippen LogP) is 4.82. The van der Waals surface area contributed by atoms with Crippen LogP contribution in [0.4, 0.5) is 10.5 Å². The van der Waals surface area contributed by atoms with Gasteiger partial charge in [-0.1, -0.05) is 61.4 Å². The maximum atomic E-state index is 12.4. The minimum absolute atomic E-state index is 0.357. The van der Waals surface area contributed by atoms with E-state index in [1.54, 1.807) is 5.06 Å². The average molecular weight is 408 g/mol. The first-order valence-electron chi connectivity index (χ1n) is 10.6. The van der Waals surface area contributed by atoms with Gasteiger partial charge in [-0.25, -0.2) is 4.79 Å². The highest BCUT2D eigenvalue weighted by Crippen LogP contribution is 2.34. The lowest BCUT2D eigenvalue weighted by Gasteiger charge is -2.35. The van der Waals surface area contributed by atoms with E-state index in [1.165, 1.54) is 5.56 Å². The number of nitrogens with zero attached hydrogens (tertiary/aromatic N) is 1. The highest BCUT2D eigenvalue weighted by molar-refractivity contribution is 5.85. The number of anilines is 1. The summed E-state index contributed by atoms with van der Waals surface area (Å²) >= 11 is 0. The van der Waals surface area contributed by atoms with E-state index in [0.717, 1.165) is 48.2 Å². The Morgan fingerprint density at radius 3 is 2.63 bits per heavy atom. The van der Waals surface area contributed by atoms with Crippen LogP contribution in [0.3, 0.4) is 0 Å².